The second kappa shape index (κ2) is 4.94. The summed E-state index contributed by atoms with van der Waals surface area (Å²) in [6.07, 6.45) is -4.73. The zero-order valence-corrected chi connectivity index (χ0v) is 10.7. The van der Waals surface area contributed by atoms with Crippen LogP contribution in [0.1, 0.15) is 20.8 Å². The van der Waals surface area contributed by atoms with Crippen LogP contribution in [0.15, 0.2) is 29.6 Å². The van der Waals surface area contributed by atoms with E-state index in [0.29, 0.717) is 18.2 Å². The highest BCUT2D eigenvalue weighted by Crippen LogP contribution is 2.35. The molecule has 7 heteroatoms. The summed E-state index contributed by atoms with van der Waals surface area (Å²) in [5, 5.41) is 1.52. The Hall–Kier alpha value is -1.40. The number of halogens is 5. The Kier molecular flexibility index (Phi) is 3.64. The van der Waals surface area contributed by atoms with Crippen LogP contribution >= 0.6 is 22.9 Å². The smallest absolute Gasteiger partial charge is 0.288 e. The van der Waals surface area contributed by atoms with Crippen LogP contribution in [0.5, 0.6) is 0 Å². The Morgan fingerprint density at radius 2 is 1.89 bits per heavy atom. The van der Waals surface area contributed by atoms with E-state index in [1.807, 2.05) is 0 Å². The molecule has 0 bridgehead atoms. The van der Waals surface area contributed by atoms with Crippen molar-refractivity contribution in [3.8, 4) is 0 Å². The lowest BCUT2D eigenvalue weighted by atomic mass is 10.0. The first-order chi connectivity index (χ1) is 8.80. The summed E-state index contributed by atoms with van der Waals surface area (Å²) in [4.78, 5) is 12.0. The molecule has 1 nitrogen and oxygen atoms in total. The van der Waals surface area contributed by atoms with Gasteiger partial charge in [-0.05, 0) is 29.6 Å². The van der Waals surface area contributed by atoms with Crippen LogP contribution in [-0.2, 0) is 6.18 Å². The van der Waals surface area contributed by atoms with Gasteiger partial charge in [0.2, 0.25) is 5.78 Å². The van der Waals surface area contributed by atoms with Crippen LogP contribution in [0.3, 0.4) is 0 Å². The first-order valence-electron chi connectivity index (χ1n) is 4.95. The van der Waals surface area contributed by atoms with E-state index in [-0.39, 0.29) is 9.90 Å². The number of hydrogen-bond donors (Lipinski definition) is 0. The van der Waals surface area contributed by atoms with Crippen LogP contribution in [0.4, 0.5) is 17.6 Å². The van der Waals surface area contributed by atoms with Gasteiger partial charge in [-0.25, -0.2) is 4.39 Å². The fraction of sp³-hybridized carbons (Fsp3) is 0.0833. The zero-order valence-electron chi connectivity index (χ0n) is 9.09. The van der Waals surface area contributed by atoms with Crippen molar-refractivity contribution in [3.05, 3.63) is 56.5 Å². The molecule has 2 rings (SSSR count). The van der Waals surface area contributed by atoms with E-state index >= 15 is 0 Å². The molecule has 0 radical (unpaired) electrons. The molecule has 0 aliphatic heterocycles. The molecule has 0 aliphatic carbocycles. The maximum atomic E-state index is 13.1. The molecule has 1 aromatic carbocycles. The van der Waals surface area contributed by atoms with Gasteiger partial charge in [-0.15, -0.1) is 11.3 Å². The van der Waals surface area contributed by atoms with Crippen molar-refractivity contribution in [3.63, 3.8) is 0 Å². The van der Waals surface area contributed by atoms with Gasteiger partial charge in [0.1, 0.15) is 5.82 Å². The van der Waals surface area contributed by atoms with Crippen LogP contribution in [0, 0.1) is 5.82 Å². The summed E-state index contributed by atoms with van der Waals surface area (Å²) >= 11 is 6.61. The average molecular weight is 309 g/mol. The number of alkyl halides is 3. The maximum Gasteiger partial charge on any atom is 0.417 e. The van der Waals surface area contributed by atoms with E-state index in [4.69, 9.17) is 11.6 Å². The van der Waals surface area contributed by atoms with Gasteiger partial charge in [0.05, 0.1) is 15.5 Å². The van der Waals surface area contributed by atoms with Crippen molar-refractivity contribution in [2.24, 2.45) is 0 Å². The molecule has 0 amide bonds. The minimum atomic E-state index is -4.73. The van der Waals surface area contributed by atoms with Crippen LogP contribution in [-0.4, -0.2) is 5.78 Å². The van der Waals surface area contributed by atoms with Gasteiger partial charge < -0.3 is 0 Å². The van der Waals surface area contributed by atoms with Gasteiger partial charge in [-0.2, -0.15) is 13.2 Å². The average Bonchev–Trinajstić information content (AvgIpc) is 2.72. The molecule has 0 aliphatic rings. The number of rotatable bonds is 2. The maximum absolute atomic E-state index is 13.1. The van der Waals surface area contributed by atoms with Crippen LogP contribution in [0.2, 0.25) is 5.02 Å². The molecule has 0 unspecified atom stereocenters. The summed E-state index contributed by atoms with van der Waals surface area (Å²) in [6.45, 7) is 0. The molecule has 1 heterocycles. The SMILES string of the molecule is O=C(c1cc(F)ccc1C(F)(F)F)c1sccc1Cl. The molecule has 0 spiro atoms. The number of carbonyl (C=O) groups is 1. The molecule has 0 saturated heterocycles. The molecule has 19 heavy (non-hydrogen) atoms. The molecule has 0 fully saturated rings. The fourth-order valence-corrected chi connectivity index (χ4v) is 2.62. The van der Waals surface area contributed by atoms with Crippen molar-refractivity contribution in [2.75, 3.05) is 0 Å². The summed E-state index contributed by atoms with van der Waals surface area (Å²) in [5.74, 6) is -1.85. The summed E-state index contributed by atoms with van der Waals surface area (Å²) in [5.41, 5.74) is -1.92. The number of benzene rings is 1. The summed E-state index contributed by atoms with van der Waals surface area (Å²) < 4.78 is 51.4. The van der Waals surface area contributed by atoms with E-state index < -0.39 is 28.9 Å². The highest BCUT2D eigenvalue weighted by Gasteiger charge is 2.36. The molecular weight excluding hydrogens is 304 g/mol. The minimum absolute atomic E-state index is 0.0437. The van der Waals surface area contributed by atoms with E-state index in [0.717, 1.165) is 11.3 Å². The molecule has 1 aromatic heterocycles. The normalized spacial score (nSPS) is 11.6. The Labute approximate surface area is 114 Å². The second-order valence-corrected chi connectivity index (χ2v) is 4.94. The predicted octanol–water partition coefficient (Wildman–Crippen LogP) is 4.79. The van der Waals surface area contributed by atoms with Gasteiger partial charge >= 0.3 is 6.18 Å². The summed E-state index contributed by atoms with van der Waals surface area (Å²) in [7, 11) is 0. The monoisotopic (exact) mass is 308 g/mol. The number of carbonyl (C=O) groups excluding carboxylic acids is 1. The van der Waals surface area contributed by atoms with E-state index in [9.17, 15) is 22.4 Å². The highest BCUT2D eigenvalue weighted by molar-refractivity contribution is 7.13. The lowest BCUT2D eigenvalue weighted by molar-refractivity contribution is -0.137. The molecular formula is C12H5ClF4OS. The third-order valence-electron chi connectivity index (χ3n) is 2.36. The van der Waals surface area contributed by atoms with Crippen LogP contribution < -0.4 is 0 Å². The Morgan fingerprint density at radius 3 is 2.42 bits per heavy atom. The largest absolute Gasteiger partial charge is 0.417 e. The van der Waals surface area contributed by atoms with Gasteiger partial charge in [0.25, 0.3) is 0 Å². The number of hydrogen-bond acceptors (Lipinski definition) is 2. The van der Waals surface area contributed by atoms with Crippen molar-refractivity contribution in [1.82, 2.24) is 0 Å². The van der Waals surface area contributed by atoms with Crippen molar-refractivity contribution in [1.29, 1.82) is 0 Å². The van der Waals surface area contributed by atoms with E-state index in [1.54, 1.807) is 0 Å². The van der Waals surface area contributed by atoms with Gasteiger partial charge in [0.15, 0.2) is 0 Å². The first-order valence-corrected chi connectivity index (χ1v) is 6.21. The van der Waals surface area contributed by atoms with Crippen molar-refractivity contribution >= 4 is 28.7 Å². The third-order valence-corrected chi connectivity index (χ3v) is 3.70. The van der Waals surface area contributed by atoms with Crippen molar-refractivity contribution in [2.45, 2.75) is 6.18 Å². The second-order valence-electron chi connectivity index (χ2n) is 3.61. The standard InChI is InChI=1S/C12H5ClF4OS/c13-9-3-4-19-11(9)10(18)7-5-6(14)1-2-8(7)12(15,16)17/h1-5H. The Balaban J connectivity index is 2.59. The van der Waals surface area contributed by atoms with E-state index in [2.05, 4.69) is 0 Å². The molecule has 0 saturated carbocycles. The lowest BCUT2D eigenvalue weighted by Crippen LogP contribution is -2.13. The van der Waals surface area contributed by atoms with Gasteiger partial charge in [-0.3, -0.25) is 4.79 Å². The predicted molar refractivity (Wildman–Crippen MR) is 64.2 cm³/mol. The zero-order chi connectivity index (χ0) is 14.2. The number of ketones is 1. The Bertz CT molecular complexity index is 633. The molecule has 100 valence electrons. The molecule has 0 N–H and O–H groups in total. The topological polar surface area (TPSA) is 17.1 Å². The minimum Gasteiger partial charge on any atom is -0.288 e. The quantitative estimate of drug-likeness (QED) is 0.576. The van der Waals surface area contributed by atoms with Gasteiger partial charge in [-0.1, -0.05) is 11.6 Å². The fourth-order valence-electron chi connectivity index (χ4n) is 1.53. The lowest BCUT2D eigenvalue weighted by Gasteiger charge is -2.11. The van der Waals surface area contributed by atoms with Crippen molar-refractivity contribution < 1.29 is 22.4 Å². The highest BCUT2D eigenvalue weighted by atomic mass is 35.5. The van der Waals surface area contributed by atoms with E-state index in [1.165, 1.54) is 11.4 Å². The number of thiophene rings is 1. The molecule has 0 atom stereocenters. The first kappa shape index (κ1) is 14.0. The van der Waals surface area contributed by atoms with Gasteiger partial charge in [0, 0.05) is 5.56 Å². The van der Waals surface area contributed by atoms with Crippen LogP contribution in [0.25, 0.3) is 0 Å². The molecule has 2 aromatic rings. The summed E-state index contributed by atoms with van der Waals surface area (Å²) in [6, 6.07) is 3.17. The third kappa shape index (κ3) is 2.79. The Morgan fingerprint density at radius 1 is 1.21 bits per heavy atom.